The fourth-order valence-corrected chi connectivity index (χ4v) is 3.57. The molecule has 2 aromatic rings. The van der Waals surface area contributed by atoms with Gasteiger partial charge in [0.15, 0.2) is 0 Å². The molecule has 0 saturated heterocycles. The number of hydrogen-bond donors (Lipinski definition) is 2. The van der Waals surface area contributed by atoms with Crippen LogP contribution in [-0.4, -0.2) is 49.8 Å². The third-order valence-electron chi connectivity index (χ3n) is 5.22. The molecule has 1 aliphatic carbocycles. The average Bonchev–Trinajstić information content (AvgIpc) is 2.73. The lowest BCUT2D eigenvalue weighted by Gasteiger charge is -2.29. The highest BCUT2D eigenvalue weighted by Gasteiger charge is 2.21. The summed E-state index contributed by atoms with van der Waals surface area (Å²) in [7, 11) is 4.00. The summed E-state index contributed by atoms with van der Waals surface area (Å²) in [5, 5.41) is 7.11. The number of anilines is 2. The molecule has 0 aliphatic heterocycles. The Hall–Kier alpha value is -2.34. The Kier molecular flexibility index (Phi) is 7.91. The van der Waals surface area contributed by atoms with Crippen molar-refractivity contribution in [3.63, 3.8) is 0 Å². The van der Waals surface area contributed by atoms with E-state index in [2.05, 4.69) is 20.6 Å². The van der Waals surface area contributed by atoms with Gasteiger partial charge in [0.2, 0.25) is 5.95 Å². The minimum absolute atomic E-state index is 0.480. The van der Waals surface area contributed by atoms with E-state index in [9.17, 15) is 0 Å². The lowest BCUT2D eigenvalue weighted by molar-refractivity contribution is 0.295. The Morgan fingerprint density at radius 1 is 1.07 bits per heavy atom. The molecule has 1 heterocycles. The third kappa shape index (κ3) is 6.68. The zero-order valence-corrected chi connectivity index (χ0v) is 17.1. The maximum absolute atomic E-state index is 5.73. The number of hydrogen-bond acceptors (Lipinski definition) is 6. The molecule has 28 heavy (non-hydrogen) atoms. The van der Waals surface area contributed by atoms with E-state index in [1.165, 1.54) is 25.7 Å². The van der Waals surface area contributed by atoms with E-state index in [-0.39, 0.29) is 0 Å². The highest BCUT2D eigenvalue weighted by molar-refractivity contribution is 5.41. The molecule has 3 rings (SSSR count). The van der Waals surface area contributed by atoms with Gasteiger partial charge >= 0.3 is 0 Å². The molecule has 0 bridgehead atoms. The van der Waals surface area contributed by atoms with Crippen LogP contribution in [0.1, 0.15) is 32.1 Å². The van der Waals surface area contributed by atoms with Gasteiger partial charge in [-0.3, -0.25) is 0 Å². The first-order chi connectivity index (χ1) is 13.7. The second-order valence-corrected chi connectivity index (χ2v) is 7.71. The largest absolute Gasteiger partial charge is 0.494 e. The predicted molar refractivity (Wildman–Crippen MR) is 115 cm³/mol. The number of aromatic nitrogens is 2. The van der Waals surface area contributed by atoms with E-state index in [1.807, 2.05) is 61.6 Å². The molecule has 2 N–H and O–H groups in total. The maximum Gasteiger partial charge on any atom is 0.224 e. The van der Waals surface area contributed by atoms with Crippen LogP contribution >= 0.6 is 0 Å². The van der Waals surface area contributed by atoms with Crippen LogP contribution in [0.4, 0.5) is 11.8 Å². The molecule has 0 atom stereocenters. The smallest absolute Gasteiger partial charge is 0.224 e. The van der Waals surface area contributed by atoms with Crippen LogP contribution in [0.2, 0.25) is 0 Å². The minimum Gasteiger partial charge on any atom is -0.494 e. The fraction of sp³-hybridized carbons (Fsp3) is 0.545. The summed E-state index contributed by atoms with van der Waals surface area (Å²) in [6.45, 7) is 2.88. The van der Waals surface area contributed by atoms with Gasteiger partial charge in [-0.25, -0.2) is 4.98 Å². The SMILES string of the molecule is CN(C)c1ccnc(N[C@H]2CC[C@@H](CNCCCOc3ccccc3)CC2)n1. The van der Waals surface area contributed by atoms with Crippen LogP contribution < -0.4 is 20.3 Å². The summed E-state index contributed by atoms with van der Waals surface area (Å²) < 4.78 is 5.73. The Labute approximate surface area is 168 Å². The van der Waals surface area contributed by atoms with Crippen LogP contribution in [0.15, 0.2) is 42.6 Å². The number of benzene rings is 1. The van der Waals surface area contributed by atoms with Crippen molar-refractivity contribution in [3.8, 4) is 5.75 Å². The molecule has 0 spiro atoms. The van der Waals surface area contributed by atoms with Gasteiger partial charge in [-0.15, -0.1) is 0 Å². The highest BCUT2D eigenvalue weighted by atomic mass is 16.5. The summed E-state index contributed by atoms with van der Waals surface area (Å²) in [5.74, 6) is 3.40. The van der Waals surface area contributed by atoms with Crippen molar-refractivity contribution in [2.75, 3.05) is 44.0 Å². The van der Waals surface area contributed by atoms with Crippen molar-refractivity contribution in [3.05, 3.63) is 42.6 Å². The van der Waals surface area contributed by atoms with Crippen molar-refractivity contribution < 1.29 is 4.74 Å². The van der Waals surface area contributed by atoms with E-state index in [1.54, 1.807) is 0 Å². The summed E-state index contributed by atoms with van der Waals surface area (Å²) in [5.41, 5.74) is 0. The molecule has 0 amide bonds. The molecule has 1 aliphatic rings. The molecule has 1 fully saturated rings. The second-order valence-electron chi connectivity index (χ2n) is 7.71. The van der Waals surface area contributed by atoms with Crippen LogP contribution in [0, 0.1) is 5.92 Å². The first-order valence-electron chi connectivity index (χ1n) is 10.4. The topological polar surface area (TPSA) is 62.3 Å². The molecule has 6 nitrogen and oxygen atoms in total. The van der Waals surface area contributed by atoms with Crippen molar-refractivity contribution in [2.45, 2.75) is 38.1 Å². The van der Waals surface area contributed by atoms with Gasteiger partial charge in [-0.2, -0.15) is 4.98 Å². The zero-order valence-electron chi connectivity index (χ0n) is 17.1. The quantitative estimate of drug-likeness (QED) is 0.612. The minimum atomic E-state index is 0.480. The van der Waals surface area contributed by atoms with Crippen molar-refractivity contribution >= 4 is 11.8 Å². The normalized spacial score (nSPS) is 19.2. The number of nitrogens with zero attached hydrogens (tertiary/aromatic N) is 3. The van der Waals surface area contributed by atoms with Gasteiger partial charge in [0.05, 0.1) is 6.61 Å². The van der Waals surface area contributed by atoms with Gasteiger partial charge in [0.25, 0.3) is 0 Å². The van der Waals surface area contributed by atoms with Crippen LogP contribution in [0.5, 0.6) is 5.75 Å². The standard InChI is InChI=1S/C22H33N5O/c1-27(2)21-13-15-24-22(26-21)25-19-11-9-18(10-12-19)17-23-14-6-16-28-20-7-4-3-5-8-20/h3-5,7-8,13,15,18-19,23H,6,9-12,14,16-17H2,1-2H3,(H,24,25,26)/t18-,19+. The Balaban J connectivity index is 1.27. The molecular weight excluding hydrogens is 350 g/mol. The maximum atomic E-state index is 5.73. The molecule has 1 aromatic heterocycles. The molecule has 152 valence electrons. The van der Waals surface area contributed by atoms with Gasteiger partial charge in [0, 0.05) is 26.3 Å². The van der Waals surface area contributed by atoms with Gasteiger partial charge < -0.3 is 20.3 Å². The van der Waals surface area contributed by atoms with Crippen LogP contribution in [0.25, 0.3) is 0 Å². The van der Waals surface area contributed by atoms with E-state index < -0.39 is 0 Å². The number of rotatable bonds is 10. The molecular formula is C22H33N5O. The number of para-hydroxylation sites is 1. The van der Waals surface area contributed by atoms with E-state index in [0.717, 1.165) is 49.6 Å². The lowest BCUT2D eigenvalue weighted by Crippen LogP contribution is -2.32. The average molecular weight is 384 g/mol. The van der Waals surface area contributed by atoms with E-state index >= 15 is 0 Å². The molecule has 1 saturated carbocycles. The summed E-state index contributed by atoms with van der Waals surface area (Å²) in [4.78, 5) is 10.9. The monoisotopic (exact) mass is 383 g/mol. The first-order valence-corrected chi connectivity index (χ1v) is 10.4. The van der Waals surface area contributed by atoms with Gasteiger partial charge in [-0.1, -0.05) is 18.2 Å². The first kappa shape index (κ1) is 20.4. The van der Waals surface area contributed by atoms with Crippen molar-refractivity contribution in [2.24, 2.45) is 5.92 Å². The van der Waals surface area contributed by atoms with Gasteiger partial charge in [0.1, 0.15) is 11.6 Å². The number of ether oxygens (including phenoxy) is 1. The Bertz CT molecular complexity index is 686. The zero-order chi connectivity index (χ0) is 19.6. The predicted octanol–water partition coefficient (Wildman–Crippen LogP) is 3.57. The lowest BCUT2D eigenvalue weighted by atomic mass is 9.86. The van der Waals surface area contributed by atoms with Crippen LogP contribution in [-0.2, 0) is 0 Å². The molecule has 0 radical (unpaired) electrons. The number of nitrogens with one attached hydrogen (secondary N) is 2. The summed E-state index contributed by atoms with van der Waals surface area (Å²) in [6.07, 6.45) is 7.71. The van der Waals surface area contributed by atoms with E-state index in [4.69, 9.17) is 4.74 Å². The summed E-state index contributed by atoms with van der Waals surface area (Å²) >= 11 is 0. The van der Waals surface area contributed by atoms with Gasteiger partial charge in [-0.05, 0) is 69.3 Å². The molecule has 0 unspecified atom stereocenters. The Morgan fingerprint density at radius 2 is 1.86 bits per heavy atom. The second kappa shape index (κ2) is 10.9. The third-order valence-corrected chi connectivity index (χ3v) is 5.22. The van der Waals surface area contributed by atoms with Crippen molar-refractivity contribution in [1.82, 2.24) is 15.3 Å². The molecule has 6 heteroatoms. The Morgan fingerprint density at radius 3 is 2.61 bits per heavy atom. The van der Waals surface area contributed by atoms with Crippen LogP contribution in [0.3, 0.4) is 0 Å². The van der Waals surface area contributed by atoms with E-state index in [0.29, 0.717) is 6.04 Å². The summed E-state index contributed by atoms with van der Waals surface area (Å²) in [6, 6.07) is 12.4. The molecule has 1 aromatic carbocycles. The highest BCUT2D eigenvalue weighted by Crippen LogP contribution is 2.25. The van der Waals surface area contributed by atoms with Crippen molar-refractivity contribution in [1.29, 1.82) is 0 Å². The fourth-order valence-electron chi connectivity index (χ4n) is 3.57.